The number of nitrogens with zero attached hydrogens (tertiary/aromatic N) is 1. The van der Waals surface area contributed by atoms with Gasteiger partial charge in [-0.15, -0.1) is 0 Å². The van der Waals surface area contributed by atoms with Crippen molar-refractivity contribution in [2.75, 3.05) is 18.6 Å². The highest BCUT2D eigenvalue weighted by Gasteiger charge is 2.47. The van der Waals surface area contributed by atoms with Gasteiger partial charge in [0.2, 0.25) is 0 Å². The molecule has 3 aromatic rings. The Hall–Kier alpha value is -4.26. The SMILES string of the molecule is CCOc1ccc(N2C(=O)C(=O)/C(=C(/O)c3cc(C)c(OC)cc3C)C2c2ccc(OC(C)C)cc2)cc1. The molecule has 0 spiro atoms. The smallest absolute Gasteiger partial charge is 0.300 e. The molecule has 1 aliphatic rings. The first-order chi connectivity index (χ1) is 18.2. The highest BCUT2D eigenvalue weighted by Crippen LogP contribution is 2.43. The van der Waals surface area contributed by atoms with E-state index in [2.05, 4.69) is 0 Å². The van der Waals surface area contributed by atoms with Crippen LogP contribution < -0.4 is 19.1 Å². The molecule has 0 aliphatic carbocycles. The van der Waals surface area contributed by atoms with Crippen LogP contribution in [-0.2, 0) is 9.59 Å². The second-order valence-electron chi connectivity index (χ2n) is 9.47. The average Bonchev–Trinajstić information content (AvgIpc) is 3.15. The second kappa shape index (κ2) is 11.0. The number of anilines is 1. The monoisotopic (exact) mass is 515 g/mol. The molecule has 0 aromatic heterocycles. The summed E-state index contributed by atoms with van der Waals surface area (Å²) in [5, 5.41) is 11.6. The number of Topliss-reactive ketones (excluding diaryl/α,β-unsaturated/α-hetero) is 1. The number of aliphatic hydroxyl groups excluding tert-OH is 1. The lowest BCUT2D eigenvalue weighted by atomic mass is 9.93. The van der Waals surface area contributed by atoms with Crippen molar-refractivity contribution in [1.82, 2.24) is 0 Å². The van der Waals surface area contributed by atoms with E-state index in [0.717, 1.165) is 11.1 Å². The van der Waals surface area contributed by atoms with Gasteiger partial charge in [-0.1, -0.05) is 12.1 Å². The van der Waals surface area contributed by atoms with Crippen LogP contribution in [0, 0.1) is 13.8 Å². The first-order valence-corrected chi connectivity index (χ1v) is 12.6. The third-order valence-corrected chi connectivity index (χ3v) is 6.43. The number of carbonyl (C=O) groups is 2. The summed E-state index contributed by atoms with van der Waals surface area (Å²) in [6.07, 6.45) is -0.00312. The van der Waals surface area contributed by atoms with Gasteiger partial charge in [0.1, 0.15) is 23.0 Å². The van der Waals surface area contributed by atoms with E-state index in [1.165, 1.54) is 4.90 Å². The fourth-order valence-electron chi connectivity index (χ4n) is 4.69. The molecule has 1 N–H and O–H groups in total. The summed E-state index contributed by atoms with van der Waals surface area (Å²) >= 11 is 0. The van der Waals surface area contributed by atoms with Crippen LogP contribution >= 0.6 is 0 Å². The van der Waals surface area contributed by atoms with Gasteiger partial charge >= 0.3 is 0 Å². The lowest BCUT2D eigenvalue weighted by Gasteiger charge is -2.26. The molecular formula is C31H33NO6. The van der Waals surface area contributed by atoms with Crippen molar-refractivity contribution < 1.29 is 28.9 Å². The summed E-state index contributed by atoms with van der Waals surface area (Å²) in [5.41, 5.74) is 3.19. The third kappa shape index (κ3) is 5.09. The van der Waals surface area contributed by atoms with E-state index in [-0.39, 0.29) is 17.4 Å². The molecule has 4 rings (SSSR count). The number of hydrogen-bond donors (Lipinski definition) is 1. The zero-order valence-electron chi connectivity index (χ0n) is 22.6. The van der Waals surface area contributed by atoms with Crippen molar-refractivity contribution in [3.63, 3.8) is 0 Å². The lowest BCUT2D eigenvalue weighted by Crippen LogP contribution is -2.29. The molecule has 7 nitrogen and oxygen atoms in total. The zero-order valence-corrected chi connectivity index (χ0v) is 22.6. The first-order valence-electron chi connectivity index (χ1n) is 12.6. The molecule has 7 heteroatoms. The van der Waals surface area contributed by atoms with Gasteiger partial charge in [-0.25, -0.2) is 0 Å². The van der Waals surface area contributed by atoms with Crippen molar-refractivity contribution in [2.45, 2.75) is 46.8 Å². The van der Waals surface area contributed by atoms with Gasteiger partial charge in [-0.05, 0) is 99.8 Å². The van der Waals surface area contributed by atoms with Crippen LogP contribution in [0.3, 0.4) is 0 Å². The molecule has 0 saturated carbocycles. The number of methoxy groups -OCH3 is 1. The minimum absolute atomic E-state index is 0.00312. The van der Waals surface area contributed by atoms with Gasteiger partial charge in [0.25, 0.3) is 11.7 Å². The summed E-state index contributed by atoms with van der Waals surface area (Å²) in [6, 6.07) is 17.0. The third-order valence-electron chi connectivity index (χ3n) is 6.43. The van der Waals surface area contributed by atoms with E-state index in [1.807, 2.05) is 46.8 Å². The number of hydrogen-bond acceptors (Lipinski definition) is 6. The molecular weight excluding hydrogens is 482 g/mol. The van der Waals surface area contributed by atoms with Gasteiger partial charge < -0.3 is 19.3 Å². The quantitative estimate of drug-likeness (QED) is 0.221. The highest BCUT2D eigenvalue weighted by atomic mass is 16.5. The van der Waals surface area contributed by atoms with Crippen molar-refractivity contribution in [1.29, 1.82) is 0 Å². The molecule has 1 amide bonds. The Morgan fingerprint density at radius 2 is 1.58 bits per heavy atom. The molecule has 198 valence electrons. The molecule has 0 bridgehead atoms. The number of ether oxygens (including phenoxy) is 3. The zero-order chi connectivity index (χ0) is 27.6. The lowest BCUT2D eigenvalue weighted by molar-refractivity contribution is -0.132. The molecule has 1 saturated heterocycles. The molecule has 1 unspecified atom stereocenters. The summed E-state index contributed by atoms with van der Waals surface area (Å²) in [6.45, 7) is 9.96. The molecule has 3 aromatic carbocycles. The maximum absolute atomic E-state index is 13.5. The minimum atomic E-state index is -0.845. The largest absolute Gasteiger partial charge is 0.507 e. The molecule has 1 fully saturated rings. The maximum Gasteiger partial charge on any atom is 0.300 e. The van der Waals surface area contributed by atoms with Crippen LogP contribution in [0.2, 0.25) is 0 Å². The number of aryl methyl sites for hydroxylation is 2. The number of amides is 1. The van der Waals surface area contributed by atoms with E-state index in [4.69, 9.17) is 14.2 Å². The predicted octanol–water partition coefficient (Wildman–Crippen LogP) is 6.12. The van der Waals surface area contributed by atoms with Crippen molar-refractivity contribution in [3.8, 4) is 17.2 Å². The number of rotatable bonds is 8. The van der Waals surface area contributed by atoms with Gasteiger partial charge in [0.15, 0.2) is 0 Å². The van der Waals surface area contributed by atoms with E-state index >= 15 is 0 Å². The van der Waals surface area contributed by atoms with E-state index in [9.17, 15) is 14.7 Å². The summed E-state index contributed by atoms with van der Waals surface area (Å²) in [5.74, 6) is 0.300. The predicted molar refractivity (Wildman–Crippen MR) is 147 cm³/mol. The van der Waals surface area contributed by atoms with Crippen molar-refractivity contribution in [2.24, 2.45) is 0 Å². The number of carbonyl (C=O) groups excluding carboxylic acids is 2. The Morgan fingerprint density at radius 1 is 0.947 bits per heavy atom. The van der Waals surface area contributed by atoms with E-state index in [0.29, 0.717) is 40.7 Å². The Morgan fingerprint density at radius 3 is 2.16 bits per heavy atom. The second-order valence-corrected chi connectivity index (χ2v) is 9.47. The van der Waals surface area contributed by atoms with Gasteiger partial charge in [0, 0.05) is 11.3 Å². The van der Waals surface area contributed by atoms with Crippen LogP contribution in [0.4, 0.5) is 5.69 Å². The van der Waals surface area contributed by atoms with Crippen LogP contribution in [-0.4, -0.2) is 36.6 Å². The Bertz CT molecular complexity index is 1370. The Kier molecular flexibility index (Phi) is 7.76. The summed E-state index contributed by atoms with van der Waals surface area (Å²) in [7, 11) is 1.58. The van der Waals surface area contributed by atoms with Crippen molar-refractivity contribution >= 4 is 23.1 Å². The highest BCUT2D eigenvalue weighted by molar-refractivity contribution is 6.51. The van der Waals surface area contributed by atoms with Crippen LogP contribution in [0.5, 0.6) is 17.2 Å². The van der Waals surface area contributed by atoms with Crippen LogP contribution in [0.1, 0.15) is 49.1 Å². The van der Waals surface area contributed by atoms with Gasteiger partial charge in [0.05, 0.1) is 31.4 Å². The normalized spacial score (nSPS) is 16.7. The Balaban J connectivity index is 1.90. The minimum Gasteiger partial charge on any atom is -0.507 e. The van der Waals surface area contributed by atoms with E-state index in [1.54, 1.807) is 55.6 Å². The van der Waals surface area contributed by atoms with Crippen LogP contribution in [0.15, 0.2) is 66.2 Å². The Labute approximate surface area is 223 Å². The van der Waals surface area contributed by atoms with Crippen LogP contribution in [0.25, 0.3) is 5.76 Å². The topological polar surface area (TPSA) is 85.3 Å². The number of aliphatic hydroxyl groups is 1. The first kappa shape index (κ1) is 26.8. The molecule has 0 radical (unpaired) electrons. The van der Waals surface area contributed by atoms with Gasteiger partial charge in [-0.3, -0.25) is 14.5 Å². The van der Waals surface area contributed by atoms with Crippen molar-refractivity contribution in [3.05, 3.63) is 88.5 Å². The number of benzene rings is 3. The average molecular weight is 516 g/mol. The fraction of sp³-hybridized carbons (Fsp3) is 0.290. The molecule has 1 heterocycles. The fourth-order valence-corrected chi connectivity index (χ4v) is 4.69. The molecule has 1 aliphatic heterocycles. The van der Waals surface area contributed by atoms with Gasteiger partial charge in [-0.2, -0.15) is 0 Å². The summed E-state index contributed by atoms with van der Waals surface area (Å²) < 4.78 is 16.7. The summed E-state index contributed by atoms with van der Waals surface area (Å²) in [4.78, 5) is 28.4. The standard InChI is InChI=1S/C31H33NO6/c1-7-37-23-14-10-22(11-15-23)32-28(21-8-12-24(13-9-21)38-18(2)3)27(30(34)31(32)35)29(33)25-16-20(5)26(36-6)17-19(25)4/h8-18,28,33H,7H2,1-6H3/b29-27+. The maximum atomic E-state index is 13.5. The van der Waals surface area contributed by atoms with E-state index < -0.39 is 17.7 Å². The molecule has 1 atom stereocenters. The molecule has 38 heavy (non-hydrogen) atoms. The number of ketones is 1.